The molecule has 2 aromatic carbocycles. The highest BCUT2D eigenvalue weighted by molar-refractivity contribution is 7.89. The lowest BCUT2D eigenvalue weighted by atomic mass is 10.2. The lowest BCUT2D eigenvalue weighted by Gasteiger charge is -2.34. The molecule has 194 valence electrons. The van der Waals surface area contributed by atoms with E-state index in [2.05, 4.69) is 5.32 Å². The molecule has 1 aliphatic heterocycles. The van der Waals surface area contributed by atoms with Crippen molar-refractivity contribution >= 4 is 39.5 Å². The number of amides is 2. The number of anilines is 1. The standard InChI is InChI=1S/C21H25N3O5S.C2H2O4/c1-16-4-3-5-19(14-16)29-15-21(26)23-10-12-24(13-11-23)30(27,28)20-8-6-18(7-9-20)22-17(2)25;3-1(4)2(5)6/h3-9,14H,10-13,15H2,1-2H3,(H,22,25);(H,3,4)(H,5,6). The molecule has 2 amide bonds. The van der Waals surface area contributed by atoms with Crippen LogP contribution in [0.25, 0.3) is 0 Å². The minimum Gasteiger partial charge on any atom is -0.484 e. The van der Waals surface area contributed by atoms with Gasteiger partial charge in [0.25, 0.3) is 5.91 Å². The van der Waals surface area contributed by atoms with Crippen LogP contribution in [0.3, 0.4) is 0 Å². The number of rotatable bonds is 6. The Kier molecular flexibility index (Phi) is 9.93. The number of carboxylic acids is 2. The second-order valence-corrected chi connectivity index (χ2v) is 9.64. The normalized spacial score (nSPS) is 13.7. The summed E-state index contributed by atoms with van der Waals surface area (Å²) in [6.45, 7) is 4.29. The van der Waals surface area contributed by atoms with Gasteiger partial charge in [0.1, 0.15) is 5.75 Å². The minimum absolute atomic E-state index is 0.0825. The number of piperazine rings is 1. The molecule has 3 N–H and O–H groups in total. The number of carbonyl (C=O) groups is 4. The first-order valence-electron chi connectivity index (χ1n) is 10.7. The van der Waals surface area contributed by atoms with Gasteiger partial charge in [-0.1, -0.05) is 12.1 Å². The van der Waals surface area contributed by atoms with Crippen LogP contribution < -0.4 is 10.1 Å². The van der Waals surface area contributed by atoms with Crippen LogP contribution in [-0.4, -0.2) is 84.4 Å². The van der Waals surface area contributed by atoms with Crippen molar-refractivity contribution in [3.05, 3.63) is 54.1 Å². The molecule has 1 fully saturated rings. The lowest BCUT2D eigenvalue weighted by Crippen LogP contribution is -2.51. The maximum atomic E-state index is 12.9. The minimum atomic E-state index is -3.67. The summed E-state index contributed by atoms with van der Waals surface area (Å²) < 4.78 is 32.6. The topological polar surface area (TPSA) is 171 Å². The SMILES string of the molecule is CC(=O)Nc1ccc(S(=O)(=O)N2CCN(C(=O)COc3cccc(C)c3)CC2)cc1.O=C(O)C(=O)O. The summed E-state index contributed by atoms with van der Waals surface area (Å²) in [5.74, 6) is -3.41. The van der Waals surface area contributed by atoms with Gasteiger partial charge in [0.2, 0.25) is 15.9 Å². The summed E-state index contributed by atoms with van der Waals surface area (Å²) in [6.07, 6.45) is 0. The fraction of sp³-hybridized carbons (Fsp3) is 0.304. The molecule has 1 saturated heterocycles. The first kappa shape index (κ1) is 28.3. The maximum Gasteiger partial charge on any atom is 0.414 e. The first-order valence-corrected chi connectivity index (χ1v) is 12.2. The molecule has 0 spiro atoms. The number of hydrogen-bond donors (Lipinski definition) is 3. The predicted molar refractivity (Wildman–Crippen MR) is 128 cm³/mol. The molecule has 36 heavy (non-hydrogen) atoms. The van der Waals surface area contributed by atoms with Crippen molar-refractivity contribution in [1.82, 2.24) is 9.21 Å². The summed E-state index contributed by atoms with van der Waals surface area (Å²) in [5.41, 5.74) is 1.58. The van der Waals surface area contributed by atoms with Crippen LogP contribution in [0.2, 0.25) is 0 Å². The average molecular weight is 522 g/mol. The van der Waals surface area contributed by atoms with E-state index in [0.717, 1.165) is 5.56 Å². The third-order valence-electron chi connectivity index (χ3n) is 4.94. The Balaban J connectivity index is 0.000000678. The van der Waals surface area contributed by atoms with E-state index >= 15 is 0 Å². The molecule has 0 bridgehead atoms. The van der Waals surface area contributed by atoms with Crippen molar-refractivity contribution < 1.29 is 42.5 Å². The number of nitrogens with zero attached hydrogens (tertiary/aromatic N) is 2. The van der Waals surface area contributed by atoms with E-state index in [1.807, 2.05) is 25.1 Å². The molecule has 0 aromatic heterocycles. The van der Waals surface area contributed by atoms with E-state index in [-0.39, 0.29) is 36.4 Å². The van der Waals surface area contributed by atoms with E-state index in [4.69, 9.17) is 24.5 Å². The van der Waals surface area contributed by atoms with Gasteiger partial charge in [-0.3, -0.25) is 9.59 Å². The molecule has 1 aliphatic rings. The molecule has 0 unspecified atom stereocenters. The number of carbonyl (C=O) groups excluding carboxylic acids is 2. The number of aliphatic carboxylic acids is 2. The van der Waals surface area contributed by atoms with Gasteiger partial charge < -0.3 is 25.2 Å². The van der Waals surface area contributed by atoms with Gasteiger partial charge in [-0.2, -0.15) is 4.31 Å². The molecule has 13 heteroatoms. The molecule has 0 aliphatic carbocycles. The van der Waals surface area contributed by atoms with E-state index in [1.54, 1.807) is 23.1 Å². The lowest BCUT2D eigenvalue weighted by molar-refractivity contribution is -0.159. The van der Waals surface area contributed by atoms with Crippen LogP contribution in [0, 0.1) is 6.92 Å². The second-order valence-electron chi connectivity index (χ2n) is 7.71. The van der Waals surface area contributed by atoms with Crippen molar-refractivity contribution in [2.24, 2.45) is 0 Å². The number of carboxylic acid groups (broad SMARTS) is 2. The van der Waals surface area contributed by atoms with Gasteiger partial charge in [-0.25, -0.2) is 18.0 Å². The van der Waals surface area contributed by atoms with E-state index in [9.17, 15) is 18.0 Å². The third-order valence-corrected chi connectivity index (χ3v) is 6.85. The molecule has 0 atom stereocenters. The number of benzene rings is 2. The summed E-state index contributed by atoms with van der Waals surface area (Å²) >= 11 is 0. The molecule has 2 aromatic rings. The van der Waals surface area contributed by atoms with Crippen molar-refractivity contribution in [2.45, 2.75) is 18.7 Å². The highest BCUT2D eigenvalue weighted by Gasteiger charge is 2.30. The van der Waals surface area contributed by atoms with Crippen LogP contribution in [-0.2, 0) is 29.2 Å². The number of sulfonamides is 1. The largest absolute Gasteiger partial charge is 0.484 e. The number of nitrogens with one attached hydrogen (secondary N) is 1. The fourth-order valence-corrected chi connectivity index (χ4v) is 4.60. The van der Waals surface area contributed by atoms with Gasteiger partial charge >= 0.3 is 11.9 Å². The molecule has 12 nitrogen and oxygen atoms in total. The zero-order valence-electron chi connectivity index (χ0n) is 19.7. The van der Waals surface area contributed by atoms with Gasteiger partial charge in [0.15, 0.2) is 6.61 Å². The summed E-state index contributed by atoms with van der Waals surface area (Å²) in [4.78, 5) is 43.5. The summed E-state index contributed by atoms with van der Waals surface area (Å²) in [5, 5.41) is 17.4. The summed E-state index contributed by atoms with van der Waals surface area (Å²) in [7, 11) is -3.67. The Labute approximate surface area is 208 Å². The van der Waals surface area contributed by atoms with Crippen molar-refractivity contribution in [3.63, 3.8) is 0 Å². The summed E-state index contributed by atoms with van der Waals surface area (Å²) in [6, 6.07) is 13.5. The molecular formula is C23H27N3O9S. The monoisotopic (exact) mass is 521 g/mol. The van der Waals surface area contributed by atoms with E-state index in [1.165, 1.54) is 23.4 Å². The Bertz CT molecular complexity index is 1190. The zero-order valence-corrected chi connectivity index (χ0v) is 20.5. The highest BCUT2D eigenvalue weighted by atomic mass is 32.2. The molecule has 1 heterocycles. The van der Waals surface area contributed by atoms with Crippen LogP contribution >= 0.6 is 0 Å². The van der Waals surface area contributed by atoms with E-state index < -0.39 is 22.0 Å². The molecule has 0 radical (unpaired) electrons. The molecule has 3 rings (SSSR count). The predicted octanol–water partition coefficient (Wildman–Crippen LogP) is 1.02. The van der Waals surface area contributed by atoms with E-state index in [0.29, 0.717) is 24.5 Å². The fourth-order valence-electron chi connectivity index (χ4n) is 3.18. The maximum absolute atomic E-state index is 12.9. The van der Waals surface area contributed by atoms with Crippen LogP contribution in [0.5, 0.6) is 5.75 Å². The van der Waals surface area contributed by atoms with Crippen molar-refractivity contribution in [3.8, 4) is 5.75 Å². The van der Waals surface area contributed by atoms with Gasteiger partial charge in [-0.05, 0) is 48.9 Å². The zero-order chi connectivity index (χ0) is 26.9. The molecular weight excluding hydrogens is 494 g/mol. The first-order chi connectivity index (χ1) is 16.9. The quantitative estimate of drug-likeness (QED) is 0.470. The van der Waals surface area contributed by atoms with Crippen LogP contribution in [0.15, 0.2) is 53.4 Å². The second kappa shape index (κ2) is 12.7. The van der Waals surface area contributed by atoms with Gasteiger partial charge in [-0.15, -0.1) is 0 Å². The van der Waals surface area contributed by atoms with Crippen molar-refractivity contribution in [1.29, 1.82) is 0 Å². The highest BCUT2D eigenvalue weighted by Crippen LogP contribution is 2.20. The average Bonchev–Trinajstić information content (AvgIpc) is 2.83. The Morgan fingerprint density at radius 2 is 1.53 bits per heavy atom. The van der Waals surface area contributed by atoms with Crippen LogP contribution in [0.1, 0.15) is 12.5 Å². The smallest absolute Gasteiger partial charge is 0.414 e. The van der Waals surface area contributed by atoms with Gasteiger partial charge in [0, 0.05) is 38.8 Å². The third kappa shape index (κ3) is 8.36. The molecule has 0 saturated carbocycles. The van der Waals surface area contributed by atoms with Gasteiger partial charge in [0.05, 0.1) is 4.90 Å². The van der Waals surface area contributed by atoms with Crippen molar-refractivity contribution in [2.75, 3.05) is 38.1 Å². The Hall–Kier alpha value is -3.97. The Morgan fingerprint density at radius 1 is 0.944 bits per heavy atom. The number of hydrogen-bond acceptors (Lipinski definition) is 7. The Morgan fingerprint density at radius 3 is 2.03 bits per heavy atom. The number of ether oxygens (including phenoxy) is 1. The number of aryl methyl sites for hydroxylation is 1. The van der Waals surface area contributed by atoms with Crippen LogP contribution in [0.4, 0.5) is 5.69 Å².